The van der Waals surface area contributed by atoms with Crippen molar-refractivity contribution in [2.24, 2.45) is 0 Å². The standard InChI is InChI=1S/C31H27Cl2FN2O5/c32-20-10-18(13-35-15-20)17-40-29-12-30(25(33)11-19(29)14-36-27(16-37)31(38)39)41-28-9-8-22-21(5-3-6-24(22)28)23-4-1-2-7-26(23)34/h1-7,10-13,15,27-28,36-37H,8-9,14,16-17H2,(H,38,39)/t27-,28-/m0/s1. The maximum Gasteiger partial charge on any atom is 0.323 e. The molecule has 0 saturated heterocycles. The Morgan fingerprint density at radius 3 is 2.63 bits per heavy atom. The van der Waals surface area contributed by atoms with Gasteiger partial charge < -0.3 is 19.7 Å². The van der Waals surface area contributed by atoms with Crippen LogP contribution in [-0.4, -0.2) is 33.8 Å². The highest BCUT2D eigenvalue weighted by molar-refractivity contribution is 6.32. The fourth-order valence-corrected chi connectivity index (χ4v) is 5.35. The number of benzene rings is 3. The Bertz CT molecular complexity index is 1570. The molecule has 3 aromatic carbocycles. The van der Waals surface area contributed by atoms with Crippen LogP contribution in [0.15, 0.2) is 73.1 Å². The molecule has 4 aromatic rings. The van der Waals surface area contributed by atoms with Crippen molar-refractivity contribution in [1.29, 1.82) is 0 Å². The largest absolute Gasteiger partial charge is 0.488 e. The maximum absolute atomic E-state index is 14.6. The zero-order valence-electron chi connectivity index (χ0n) is 21.8. The van der Waals surface area contributed by atoms with Gasteiger partial charge in [-0.3, -0.25) is 15.1 Å². The van der Waals surface area contributed by atoms with Crippen LogP contribution in [0.25, 0.3) is 11.1 Å². The first-order chi connectivity index (χ1) is 19.8. The topological polar surface area (TPSA) is 101 Å². The number of nitrogens with zero attached hydrogens (tertiary/aromatic N) is 1. The summed E-state index contributed by atoms with van der Waals surface area (Å²) in [6.45, 7) is -0.369. The lowest BCUT2D eigenvalue weighted by molar-refractivity contribution is -0.140. The quantitative estimate of drug-likeness (QED) is 0.185. The number of aliphatic carboxylic acids is 1. The van der Waals surface area contributed by atoms with Gasteiger partial charge in [0.15, 0.2) is 0 Å². The molecule has 41 heavy (non-hydrogen) atoms. The molecule has 0 amide bonds. The van der Waals surface area contributed by atoms with Crippen molar-refractivity contribution >= 4 is 29.2 Å². The second-order valence-corrected chi connectivity index (χ2v) is 10.5. The summed E-state index contributed by atoms with van der Waals surface area (Å²) in [5, 5.41) is 22.3. The Morgan fingerprint density at radius 2 is 1.88 bits per heavy atom. The van der Waals surface area contributed by atoms with Crippen molar-refractivity contribution in [3.8, 4) is 22.6 Å². The van der Waals surface area contributed by atoms with Crippen LogP contribution >= 0.6 is 23.2 Å². The molecule has 1 aromatic heterocycles. The average molecular weight is 597 g/mol. The predicted octanol–water partition coefficient (Wildman–Crippen LogP) is 6.37. The number of halogens is 3. The number of carboxylic acids is 1. The number of aromatic nitrogens is 1. The first-order valence-corrected chi connectivity index (χ1v) is 13.7. The molecule has 3 N–H and O–H groups in total. The van der Waals surface area contributed by atoms with Crippen LogP contribution in [0.5, 0.6) is 11.5 Å². The highest BCUT2D eigenvalue weighted by Gasteiger charge is 2.28. The van der Waals surface area contributed by atoms with Gasteiger partial charge in [0.1, 0.15) is 36.1 Å². The van der Waals surface area contributed by atoms with E-state index in [-0.39, 0.29) is 25.1 Å². The lowest BCUT2D eigenvalue weighted by atomic mass is 9.96. The van der Waals surface area contributed by atoms with Gasteiger partial charge in [-0.25, -0.2) is 4.39 Å². The Balaban J connectivity index is 1.42. The van der Waals surface area contributed by atoms with Crippen molar-refractivity contribution in [1.82, 2.24) is 10.3 Å². The van der Waals surface area contributed by atoms with Crippen LogP contribution < -0.4 is 14.8 Å². The summed E-state index contributed by atoms with van der Waals surface area (Å²) >= 11 is 12.7. The molecular formula is C31H27Cl2FN2O5. The minimum Gasteiger partial charge on any atom is -0.488 e. The molecule has 212 valence electrons. The van der Waals surface area contributed by atoms with E-state index < -0.39 is 18.6 Å². The van der Waals surface area contributed by atoms with Gasteiger partial charge >= 0.3 is 5.97 Å². The first-order valence-electron chi connectivity index (χ1n) is 13.0. The van der Waals surface area contributed by atoms with Gasteiger partial charge in [-0.15, -0.1) is 0 Å². The summed E-state index contributed by atoms with van der Waals surface area (Å²) < 4.78 is 27.1. The zero-order valence-corrected chi connectivity index (χ0v) is 23.3. The van der Waals surface area contributed by atoms with Crippen LogP contribution in [0.4, 0.5) is 4.39 Å². The van der Waals surface area contributed by atoms with Crippen molar-refractivity contribution in [3.63, 3.8) is 0 Å². The number of aliphatic hydroxyl groups excluding tert-OH is 1. The Morgan fingerprint density at radius 1 is 1.07 bits per heavy atom. The fraction of sp³-hybridized carbons (Fsp3) is 0.226. The van der Waals surface area contributed by atoms with Gasteiger partial charge in [0.05, 0.1) is 16.7 Å². The van der Waals surface area contributed by atoms with E-state index in [2.05, 4.69) is 10.3 Å². The van der Waals surface area contributed by atoms with E-state index in [9.17, 15) is 19.4 Å². The number of fused-ring (bicyclic) bond motifs is 1. The second-order valence-electron chi connectivity index (χ2n) is 9.64. The number of nitrogens with one attached hydrogen (secondary N) is 1. The number of rotatable bonds is 11. The monoisotopic (exact) mass is 596 g/mol. The average Bonchev–Trinajstić information content (AvgIpc) is 3.37. The van der Waals surface area contributed by atoms with Crippen LogP contribution in [-0.2, 0) is 24.4 Å². The molecule has 5 rings (SSSR count). The molecule has 0 radical (unpaired) electrons. The van der Waals surface area contributed by atoms with Crippen molar-refractivity contribution < 1.29 is 28.9 Å². The molecule has 0 fully saturated rings. The maximum atomic E-state index is 14.6. The normalized spacial score (nSPS) is 14.9. The van der Waals surface area contributed by atoms with E-state index in [1.165, 1.54) is 12.3 Å². The van der Waals surface area contributed by atoms with E-state index in [0.717, 1.165) is 22.3 Å². The van der Waals surface area contributed by atoms with Crippen LogP contribution in [0, 0.1) is 5.82 Å². The van der Waals surface area contributed by atoms with Crippen molar-refractivity contribution in [2.45, 2.75) is 38.1 Å². The Kier molecular flexibility index (Phi) is 9.05. The first kappa shape index (κ1) is 28.8. The van der Waals surface area contributed by atoms with Gasteiger partial charge in [-0.1, -0.05) is 59.6 Å². The number of pyridine rings is 1. The van der Waals surface area contributed by atoms with Gasteiger partial charge in [0, 0.05) is 41.7 Å². The Hall–Kier alpha value is -3.69. The number of aliphatic hydroxyl groups is 1. The second kappa shape index (κ2) is 12.9. The molecule has 7 nitrogen and oxygen atoms in total. The van der Waals surface area contributed by atoms with E-state index in [0.29, 0.717) is 45.5 Å². The smallest absolute Gasteiger partial charge is 0.323 e. The van der Waals surface area contributed by atoms with Crippen LogP contribution in [0.3, 0.4) is 0 Å². The molecule has 0 saturated carbocycles. The molecule has 1 heterocycles. The van der Waals surface area contributed by atoms with Crippen molar-refractivity contribution in [2.75, 3.05) is 6.61 Å². The number of hydrogen-bond acceptors (Lipinski definition) is 6. The van der Waals surface area contributed by atoms with Gasteiger partial charge in [0.2, 0.25) is 0 Å². The number of carboxylic acid groups (broad SMARTS) is 1. The highest BCUT2D eigenvalue weighted by Crippen LogP contribution is 2.43. The summed E-state index contributed by atoms with van der Waals surface area (Å²) in [4.78, 5) is 15.5. The lowest BCUT2D eigenvalue weighted by Crippen LogP contribution is -2.39. The SMILES string of the molecule is O=C(O)[C@H](CO)NCc1cc(Cl)c(O[C@H]2CCc3c(-c4ccccc4F)cccc32)cc1OCc1cncc(Cl)c1. The summed E-state index contributed by atoms with van der Waals surface area (Å²) in [6.07, 6.45) is 4.24. The molecule has 10 heteroatoms. The summed E-state index contributed by atoms with van der Waals surface area (Å²) in [5.41, 5.74) is 4.70. The molecule has 1 aliphatic rings. The number of hydrogen-bond donors (Lipinski definition) is 3. The summed E-state index contributed by atoms with van der Waals surface area (Å²) in [5.74, 6) is -0.654. The van der Waals surface area contributed by atoms with Gasteiger partial charge in [0.25, 0.3) is 0 Å². The minimum atomic E-state index is -1.18. The predicted molar refractivity (Wildman–Crippen MR) is 154 cm³/mol. The molecule has 0 unspecified atom stereocenters. The van der Waals surface area contributed by atoms with E-state index in [1.54, 1.807) is 36.5 Å². The molecule has 0 spiro atoms. The summed E-state index contributed by atoms with van der Waals surface area (Å²) in [6, 6.07) is 16.4. The molecule has 2 atom stereocenters. The lowest BCUT2D eigenvalue weighted by Gasteiger charge is -2.20. The van der Waals surface area contributed by atoms with E-state index in [1.807, 2.05) is 24.3 Å². The number of carbonyl (C=O) groups is 1. The zero-order chi connectivity index (χ0) is 28.9. The van der Waals surface area contributed by atoms with Crippen LogP contribution in [0.2, 0.25) is 10.0 Å². The third-order valence-electron chi connectivity index (χ3n) is 6.94. The number of ether oxygens (including phenoxy) is 2. The minimum absolute atomic E-state index is 0.0684. The van der Waals surface area contributed by atoms with Gasteiger partial charge in [-0.05, 0) is 47.7 Å². The summed E-state index contributed by atoms with van der Waals surface area (Å²) in [7, 11) is 0. The molecule has 0 bridgehead atoms. The van der Waals surface area contributed by atoms with E-state index >= 15 is 0 Å². The third kappa shape index (κ3) is 6.63. The highest BCUT2D eigenvalue weighted by atomic mass is 35.5. The molecular weight excluding hydrogens is 570 g/mol. The molecule has 1 aliphatic carbocycles. The molecule has 0 aliphatic heterocycles. The Labute approximate surface area is 246 Å². The van der Waals surface area contributed by atoms with Crippen LogP contribution in [0.1, 0.15) is 34.8 Å². The van der Waals surface area contributed by atoms with Crippen molar-refractivity contribution in [3.05, 3.63) is 111 Å². The van der Waals surface area contributed by atoms with E-state index in [4.69, 9.17) is 32.7 Å². The third-order valence-corrected chi connectivity index (χ3v) is 7.44. The fourth-order valence-electron chi connectivity index (χ4n) is 4.92. The van der Waals surface area contributed by atoms with Gasteiger partial charge in [-0.2, -0.15) is 0 Å².